The molecule has 1 aliphatic heterocycles. The number of benzene rings is 4. The summed E-state index contributed by atoms with van der Waals surface area (Å²) in [6, 6.07) is 25.7. The van der Waals surface area contributed by atoms with Crippen LogP contribution in [0.1, 0.15) is 24.0 Å². The second-order valence-electron chi connectivity index (χ2n) is 7.98. The molecule has 1 aliphatic carbocycles. The van der Waals surface area contributed by atoms with Gasteiger partial charge in [0, 0.05) is 11.1 Å². The Labute approximate surface area is 186 Å². The molecule has 2 aliphatic rings. The Kier molecular flexibility index (Phi) is 5.47. The zero-order chi connectivity index (χ0) is 21.2. The summed E-state index contributed by atoms with van der Waals surface area (Å²) in [5.41, 5.74) is 9.26. The number of rotatable bonds is 1. The summed E-state index contributed by atoms with van der Waals surface area (Å²) in [6.07, 6.45) is 6.81. The molecule has 2 N–H and O–H groups in total. The fourth-order valence-electron chi connectivity index (χ4n) is 4.45. The van der Waals surface area contributed by atoms with Gasteiger partial charge in [0.05, 0.1) is 5.69 Å². The zero-order valence-electron chi connectivity index (χ0n) is 17.3. The molecular weight excluding hydrogens is 400 g/mol. The average Bonchev–Trinajstić information content (AvgIpc) is 2.83. The zero-order valence-corrected chi connectivity index (χ0v) is 18.1. The van der Waals surface area contributed by atoms with E-state index in [2.05, 4.69) is 53.5 Å². The lowest BCUT2D eigenvalue weighted by molar-refractivity contribution is -0.116. The normalized spacial score (nSPS) is 16.8. The van der Waals surface area contributed by atoms with E-state index in [1.54, 1.807) is 17.3 Å². The number of carbonyl (C=O) groups excluding carboxylic acids is 1. The minimum absolute atomic E-state index is 0.324. The van der Waals surface area contributed by atoms with Crippen LogP contribution in [0.4, 0.5) is 5.69 Å². The molecule has 0 aromatic heterocycles. The van der Waals surface area contributed by atoms with Crippen molar-refractivity contribution in [3.05, 3.63) is 83.9 Å². The third-order valence-corrected chi connectivity index (χ3v) is 7.21. The Morgan fingerprint density at radius 3 is 2.52 bits per heavy atom. The first-order valence-corrected chi connectivity index (χ1v) is 11.6. The number of aryl methyl sites for hydroxylation is 2. The number of para-hydroxylation sites is 1. The molecule has 0 saturated heterocycles. The molecule has 6 rings (SSSR count). The quantitative estimate of drug-likeness (QED) is 0.369. The standard InChI is InChI=1S/C18H16.C9H8N2OS/c1-3-7-15-13(5-1)9-11-18-16-8-4-2-6-14(16)10-12-17(15)18;10-9(12)8-5-11-6-3-1-2-4-7(6)13-8/h1,3,5,7,9-12H,2,4,6,8H2;1-5,8H,(H2,10,12). The van der Waals surface area contributed by atoms with Gasteiger partial charge in [-0.3, -0.25) is 9.79 Å². The van der Waals surface area contributed by atoms with Gasteiger partial charge in [0.15, 0.2) is 0 Å². The number of hydrogen-bond acceptors (Lipinski definition) is 3. The highest BCUT2D eigenvalue weighted by Crippen LogP contribution is 2.35. The van der Waals surface area contributed by atoms with Crippen molar-refractivity contribution < 1.29 is 4.79 Å². The maximum absolute atomic E-state index is 10.9. The van der Waals surface area contributed by atoms with Gasteiger partial charge in [0.25, 0.3) is 0 Å². The number of fused-ring (bicyclic) bond motifs is 6. The molecule has 0 bridgehead atoms. The van der Waals surface area contributed by atoms with Crippen molar-refractivity contribution >= 4 is 51.1 Å². The van der Waals surface area contributed by atoms with E-state index >= 15 is 0 Å². The summed E-state index contributed by atoms with van der Waals surface area (Å²) < 4.78 is 0. The van der Waals surface area contributed by atoms with E-state index in [0.717, 1.165) is 10.6 Å². The third kappa shape index (κ3) is 3.96. The van der Waals surface area contributed by atoms with Crippen LogP contribution in [-0.4, -0.2) is 17.4 Å². The summed E-state index contributed by atoms with van der Waals surface area (Å²) in [7, 11) is 0. The number of nitrogens with zero attached hydrogens (tertiary/aromatic N) is 1. The van der Waals surface area contributed by atoms with E-state index in [9.17, 15) is 4.79 Å². The Bertz CT molecular complexity index is 1310. The van der Waals surface area contributed by atoms with Crippen molar-refractivity contribution in [1.82, 2.24) is 0 Å². The number of thioether (sulfide) groups is 1. The Balaban J connectivity index is 0.000000140. The van der Waals surface area contributed by atoms with Gasteiger partial charge in [-0.15, -0.1) is 11.8 Å². The number of aliphatic imine (C=N–C) groups is 1. The lowest BCUT2D eigenvalue weighted by atomic mass is 9.86. The fraction of sp³-hybridized carbons (Fsp3) is 0.185. The molecule has 0 fully saturated rings. The topological polar surface area (TPSA) is 55.5 Å². The summed E-state index contributed by atoms with van der Waals surface area (Å²) in [5, 5.41) is 5.32. The van der Waals surface area contributed by atoms with E-state index in [1.165, 1.54) is 59.0 Å². The molecule has 4 aromatic carbocycles. The lowest BCUT2D eigenvalue weighted by Gasteiger charge is -2.18. The van der Waals surface area contributed by atoms with Crippen LogP contribution in [0.2, 0.25) is 0 Å². The van der Waals surface area contributed by atoms with Gasteiger partial charge in [-0.1, -0.05) is 60.7 Å². The van der Waals surface area contributed by atoms with Gasteiger partial charge in [0.2, 0.25) is 5.91 Å². The van der Waals surface area contributed by atoms with Gasteiger partial charge in [0.1, 0.15) is 5.25 Å². The Morgan fingerprint density at radius 1 is 0.839 bits per heavy atom. The predicted molar refractivity (Wildman–Crippen MR) is 132 cm³/mol. The number of carbonyl (C=O) groups is 1. The van der Waals surface area contributed by atoms with Gasteiger partial charge in [-0.05, 0) is 70.5 Å². The summed E-state index contributed by atoms with van der Waals surface area (Å²) >= 11 is 1.44. The fourth-order valence-corrected chi connectivity index (χ4v) is 5.36. The maximum atomic E-state index is 10.9. The molecule has 0 radical (unpaired) electrons. The number of hydrogen-bond donors (Lipinski definition) is 1. The van der Waals surface area contributed by atoms with Crippen LogP contribution >= 0.6 is 11.8 Å². The molecule has 3 nitrogen and oxygen atoms in total. The second kappa shape index (κ2) is 8.56. The van der Waals surface area contributed by atoms with Crippen LogP contribution in [0.3, 0.4) is 0 Å². The molecule has 4 heteroatoms. The van der Waals surface area contributed by atoms with E-state index in [1.807, 2.05) is 24.3 Å². The summed E-state index contributed by atoms with van der Waals surface area (Å²) in [6.45, 7) is 0. The monoisotopic (exact) mass is 424 g/mol. The number of primary amides is 1. The molecule has 4 aromatic rings. The molecular formula is C27H24N2OS. The van der Waals surface area contributed by atoms with Gasteiger partial charge >= 0.3 is 0 Å². The van der Waals surface area contributed by atoms with Crippen LogP contribution in [-0.2, 0) is 17.6 Å². The number of amides is 1. The van der Waals surface area contributed by atoms with Gasteiger partial charge < -0.3 is 5.73 Å². The molecule has 0 saturated carbocycles. The van der Waals surface area contributed by atoms with Crippen molar-refractivity contribution in [2.24, 2.45) is 10.7 Å². The van der Waals surface area contributed by atoms with E-state index in [0.29, 0.717) is 0 Å². The minimum Gasteiger partial charge on any atom is -0.368 e. The first-order valence-electron chi connectivity index (χ1n) is 10.7. The largest absolute Gasteiger partial charge is 0.368 e. The third-order valence-electron chi connectivity index (χ3n) is 6.01. The number of nitrogens with two attached hydrogens (primary N) is 1. The van der Waals surface area contributed by atoms with Crippen LogP contribution in [0.15, 0.2) is 82.7 Å². The molecule has 154 valence electrons. The first-order chi connectivity index (χ1) is 15.2. The highest BCUT2D eigenvalue weighted by atomic mass is 32.2. The molecule has 1 amide bonds. The molecule has 1 unspecified atom stereocenters. The van der Waals surface area contributed by atoms with E-state index in [4.69, 9.17) is 5.73 Å². The van der Waals surface area contributed by atoms with E-state index in [-0.39, 0.29) is 11.2 Å². The molecule has 1 heterocycles. The Hall–Kier alpha value is -3.11. The summed E-state index contributed by atoms with van der Waals surface area (Å²) in [4.78, 5) is 16.0. The van der Waals surface area contributed by atoms with Gasteiger partial charge in [-0.25, -0.2) is 0 Å². The van der Waals surface area contributed by atoms with Gasteiger partial charge in [-0.2, -0.15) is 0 Å². The van der Waals surface area contributed by atoms with Crippen LogP contribution < -0.4 is 5.73 Å². The minimum atomic E-state index is -0.344. The van der Waals surface area contributed by atoms with Crippen molar-refractivity contribution in [3.63, 3.8) is 0 Å². The first kappa shape index (κ1) is 19.8. The molecule has 1 atom stereocenters. The average molecular weight is 425 g/mol. The predicted octanol–water partition coefficient (Wildman–Crippen LogP) is 6.22. The second-order valence-corrected chi connectivity index (χ2v) is 9.16. The highest BCUT2D eigenvalue weighted by molar-refractivity contribution is 8.01. The van der Waals surface area contributed by atoms with Crippen LogP contribution in [0.25, 0.3) is 21.5 Å². The van der Waals surface area contributed by atoms with Crippen molar-refractivity contribution in [2.45, 2.75) is 35.8 Å². The molecule has 0 spiro atoms. The van der Waals surface area contributed by atoms with Crippen molar-refractivity contribution in [3.8, 4) is 0 Å². The summed E-state index contributed by atoms with van der Waals surface area (Å²) in [5.74, 6) is -0.344. The lowest BCUT2D eigenvalue weighted by Crippen LogP contribution is -2.27. The van der Waals surface area contributed by atoms with Crippen LogP contribution in [0, 0.1) is 0 Å². The molecule has 31 heavy (non-hydrogen) atoms. The smallest absolute Gasteiger partial charge is 0.236 e. The highest BCUT2D eigenvalue weighted by Gasteiger charge is 2.19. The van der Waals surface area contributed by atoms with Crippen LogP contribution in [0.5, 0.6) is 0 Å². The maximum Gasteiger partial charge on any atom is 0.236 e. The SMILES string of the molecule is NC(=O)C1C=Nc2ccccc2S1.c1ccc2c(c1)ccc1c3c(ccc12)CCCC3. The van der Waals surface area contributed by atoms with E-state index < -0.39 is 0 Å². The van der Waals surface area contributed by atoms with Crippen molar-refractivity contribution in [1.29, 1.82) is 0 Å². The van der Waals surface area contributed by atoms with Crippen molar-refractivity contribution in [2.75, 3.05) is 0 Å². The Morgan fingerprint density at radius 2 is 1.61 bits per heavy atom.